The number of carbonyl (C=O) groups is 1. The van der Waals surface area contributed by atoms with Crippen LogP contribution in [0.25, 0.3) is 0 Å². The Kier molecular flexibility index (Phi) is 11.1. The molecule has 6 fully saturated rings. The van der Waals surface area contributed by atoms with E-state index in [0.29, 0.717) is 39.9 Å². The van der Waals surface area contributed by atoms with E-state index in [-0.39, 0.29) is 11.8 Å². The Bertz CT molecular complexity index is 796. The van der Waals surface area contributed by atoms with E-state index in [2.05, 4.69) is 31.9 Å². The number of carbonyl (C=O) groups excluding carboxylic acids is 1. The molecule has 6 rings (SSSR count). The second kappa shape index (κ2) is 14.6. The normalized spacial score (nSPS) is 46.9. The molecule has 0 aromatic carbocycles. The molecule has 0 N–H and O–H groups in total. The molecule has 0 aliphatic heterocycles. The van der Waals surface area contributed by atoms with Gasteiger partial charge in [-0.05, 0) is 139 Å². The van der Waals surface area contributed by atoms with Gasteiger partial charge in [0, 0.05) is 21.5 Å². The van der Waals surface area contributed by atoms with Crippen molar-refractivity contribution in [1.29, 1.82) is 0 Å². The predicted molar refractivity (Wildman–Crippen MR) is 170 cm³/mol. The summed E-state index contributed by atoms with van der Waals surface area (Å²) in [5, 5.41) is 0. The molecular formula is C35H56Br2O3. The fraction of sp³-hybridized carbons (Fsp3) is 0.971. The van der Waals surface area contributed by atoms with Crippen molar-refractivity contribution < 1.29 is 14.3 Å². The number of ether oxygens (including phenoxy) is 2. The monoisotopic (exact) mass is 682 g/mol. The van der Waals surface area contributed by atoms with Crippen LogP contribution < -0.4 is 0 Å². The van der Waals surface area contributed by atoms with E-state index in [9.17, 15) is 4.79 Å². The molecule has 0 saturated heterocycles. The Hall–Kier alpha value is 0.550. The first-order valence-electron chi connectivity index (χ1n) is 17.6. The summed E-state index contributed by atoms with van der Waals surface area (Å²) in [4.78, 5) is 14.1. The molecule has 6 saturated carbocycles. The first-order chi connectivity index (χ1) is 19.5. The Morgan fingerprint density at radius 1 is 0.475 bits per heavy atom. The fourth-order valence-corrected chi connectivity index (χ4v) is 11.5. The number of rotatable bonds is 7. The number of fused-ring (bicyclic) bond motifs is 1. The standard InChI is InChI=1S/C35H56Br2O3/c36-28-11-20-34(37)33(22-28)35(38)25-9-14-30(15-10-25)40-32-18-16-31(17-19-32)39-29-12-7-24(8-13-29)27-6-5-23-3-1-2-4-26(23)21-27/h23-34H,1-22H2. The first-order valence-corrected chi connectivity index (χ1v) is 19.5. The average Bonchev–Trinajstić information content (AvgIpc) is 2.99. The Labute approximate surface area is 261 Å². The van der Waals surface area contributed by atoms with Crippen LogP contribution in [0, 0.1) is 35.5 Å². The molecule has 6 atom stereocenters. The topological polar surface area (TPSA) is 35.5 Å². The maximum absolute atomic E-state index is 13.2. The van der Waals surface area contributed by atoms with Crippen molar-refractivity contribution in [3.8, 4) is 0 Å². The third-order valence-electron chi connectivity index (χ3n) is 12.5. The molecule has 0 heterocycles. The van der Waals surface area contributed by atoms with E-state index in [4.69, 9.17) is 9.47 Å². The third kappa shape index (κ3) is 7.79. The van der Waals surface area contributed by atoms with Gasteiger partial charge in [0.15, 0.2) is 0 Å². The van der Waals surface area contributed by atoms with Crippen LogP contribution in [0.2, 0.25) is 0 Å². The van der Waals surface area contributed by atoms with Crippen LogP contribution in [0.5, 0.6) is 0 Å². The van der Waals surface area contributed by atoms with Gasteiger partial charge >= 0.3 is 0 Å². The van der Waals surface area contributed by atoms with Crippen LogP contribution in [-0.4, -0.2) is 39.9 Å². The highest BCUT2D eigenvalue weighted by Crippen LogP contribution is 2.48. The van der Waals surface area contributed by atoms with Gasteiger partial charge in [0.1, 0.15) is 5.78 Å². The van der Waals surface area contributed by atoms with Gasteiger partial charge in [0.05, 0.1) is 24.4 Å². The smallest absolute Gasteiger partial charge is 0.140 e. The molecule has 228 valence electrons. The van der Waals surface area contributed by atoms with Crippen molar-refractivity contribution in [2.45, 2.75) is 175 Å². The minimum absolute atomic E-state index is 0.197. The van der Waals surface area contributed by atoms with Gasteiger partial charge in [-0.3, -0.25) is 4.79 Å². The zero-order chi connectivity index (χ0) is 27.5. The van der Waals surface area contributed by atoms with Gasteiger partial charge < -0.3 is 9.47 Å². The van der Waals surface area contributed by atoms with Crippen molar-refractivity contribution in [2.75, 3.05) is 0 Å². The molecule has 40 heavy (non-hydrogen) atoms. The van der Waals surface area contributed by atoms with Crippen LogP contribution in [0.3, 0.4) is 0 Å². The lowest BCUT2D eigenvalue weighted by Crippen LogP contribution is -2.38. The highest BCUT2D eigenvalue weighted by molar-refractivity contribution is 9.10. The highest BCUT2D eigenvalue weighted by atomic mass is 79.9. The molecule has 0 aromatic rings. The Balaban J connectivity index is 0.853. The van der Waals surface area contributed by atoms with E-state index in [1.165, 1.54) is 83.5 Å². The van der Waals surface area contributed by atoms with E-state index in [0.717, 1.165) is 75.0 Å². The molecule has 0 bridgehead atoms. The van der Waals surface area contributed by atoms with Crippen molar-refractivity contribution >= 4 is 37.6 Å². The molecule has 6 aliphatic rings. The SMILES string of the molecule is O=C(C1CCC(OC2CCC(OC3CCC(C4CCC5CCCCC5C4)CC3)CC2)CC1)C1CC(Br)CCC1Br. The van der Waals surface area contributed by atoms with Gasteiger partial charge in [0.25, 0.3) is 0 Å². The van der Waals surface area contributed by atoms with E-state index in [1.807, 2.05) is 0 Å². The maximum Gasteiger partial charge on any atom is 0.140 e. The molecule has 0 spiro atoms. The summed E-state index contributed by atoms with van der Waals surface area (Å²) < 4.78 is 13.3. The Morgan fingerprint density at radius 3 is 1.55 bits per heavy atom. The summed E-state index contributed by atoms with van der Waals surface area (Å²) in [6.45, 7) is 0. The number of halogens is 2. The van der Waals surface area contributed by atoms with E-state index in [1.54, 1.807) is 6.42 Å². The zero-order valence-corrected chi connectivity index (χ0v) is 28.1. The molecular weight excluding hydrogens is 628 g/mol. The van der Waals surface area contributed by atoms with Crippen LogP contribution in [-0.2, 0) is 14.3 Å². The fourth-order valence-electron chi connectivity index (χ4n) is 10.0. The van der Waals surface area contributed by atoms with Gasteiger partial charge in [-0.2, -0.15) is 0 Å². The Morgan fingerprint density at radius 2 is 0.925 bits per heavy atom. The summed E-state index contributed by atoms with van der Waals surface area (Å²) in [5.41, 5.74) is 0. The molecule has 5 heteroatoms. The van der Waals surface area contributed by atoms with Gasteiger partial charge in [-0.1, -0.05) is 57.5 Å². The van der Waals surface area contributed by atoms with Gasteiger partial charge in [-0.25, -0.2) is 0 Å². The molecule has 6 unspecified atom stereocenters. The second-order valence-electron chi connectivity index (χ2n) is 15.0. The van der Waals surface area contributed by atoms with Crippen LogP contribution in [0.1, 0.15) is 141 Å². The van der Waals surface area contributed by atoms with E-state index < -0.39 is 0 Å². The average molecular weight is 685 g/mol. The van der Waals surface area contributed by atoms with Crippen LogP contribution >= 0.6 is 31.9 Å². The number of Topliss-reactive ketones (excluding diaryl/α,β-unsaturated/α-hetero) is 1. The molecule has 0 aromatic heterocycles. The van der Waals surface area contributed by atoms with Crippen molar-refractivity contribution in [3.05, 3.63) is 0 Å². The molecule has 0 radical (unpaired) electrons. The van der Waals surface area contributed by atoms with Crippen molar-refractivity contribution in [1.82, 2.24) is 0 Å². The van der Waals surface area contributed by atoms with Gasteiger partial charge in [-0.15, -0.1) is 0 Å². The number of alkyl halides is 2. The maximum atomic E-state index is 13.2. The predicted octanol–water partition coefficient (Wildman–Crippen LogP) is 9.95. The lowest BCUT2D eigenvalue weighted by Gasteiger charge is -2.44. The van der Waals surface area contributed by atoms with Crippen LogP contribution in [0.4, 0.5) is 0 Å². The summed E-state index contributed by atoms with van der Waals surface area (Å²) in [5.74, 6) is 5.14. The molecule has 6 aliphatic carbocycles. The quantitative estimate of drug-likeness (QED) is 0.251. The van der Waals surface area contributed by atoms with Gasteiger partial charge in [0.2, 0.25) is 0 Å². The zero-order valence-electron chi connectivity index (χ0n) is 25.0. The summed E-state index contributed by atoms with van der Waals surface area (Å²) in [6.07, 6.45) is 30.0. The second-order valence-corrected chi connectivity index (χ2v) is 17.5. The number of hydrogen-bond acceptors (Lipinski definition) is 3. The first kappa shape index (κ1) is 30.6. The van der Waals surface area contributed by atoms with E-state index >= 15 is 0 Å². The lowest BCUT2D eigenvalue weighted by molar-refractivity contribution is -0.131. The summed E-state index contributed by atoms with van der Waals surface area (Å²) in [6, 6.07) is 0. The largest absolute Gasteiger partial charge is 0.375 e. The number of hydrogen-bond donors (Lipinski definition) is 0. The minimum Gasteiger partial charge on any atom is -0.375 e. The van der Waals surface area contributed by atoms with Crippen molar-refractivity contribution in [2.24, 2.45) is 35.5 Å². The summed E-state index contributed by atoms with van der Waals surface area (Å²) in [7, 11) is 0. The number of ketones is 1. The lowest BCUT2D eigenvalue weighted by atomic mass is 9.63. The third-order valence-corrected chi connectivity index (χ3v) is 14.4. The minimum atomic E-state index is 0.197. The van der Waals surface area contributed by atoms with Crippen molar-refractivity contribution in [3.63, 3.8) is 0 Å². The summed E-state index contributed by atoms with van der Waals surface area (Å²) >= 11 is 7.59. The van der Waals surface area contributed by atoms with Crippen LogP contribution in [0.15, 0.2) is 0 Å². The molecule has 3 nitrogen and oxygen atoms in total. The highest BCUT2D eigenvalue weighted by Gasteiger charge is 2.39. The molecule has 0 amide bonds.